The van der Waals surface area contributed by atoms with E-state index < -0.39 is 4.92 Å². The first-order chi connectivity index (χ1) is 15.6. The number of amides is 1. The molecule has 4 aromatic rings. The van der Waals surface area contributed by atoms with Crippen LogP contribution in [0.2, 0.25) is 0 Å². The van der Waals surface area contributed by atoms with Crippen molar-refractivity contribution in [1.82, 2.24) is 19.8 Å². The summed E-state index contributed by atoms with van der Waals surface area (Å²) < 4.78 is 1.43. The molecule has 0 radical (unpaired) electrons. The fourth-order valence-corrected chi connectivity index (χ4v) is 5.04. The number of rotatable bonds is 6. The third-order valence-corrected chi connectivity index (χ3v) is 6.88. The lowest BCUT2D eigenvalue weighted by atomic mass is 10.1. The van der Waals surface area contributed by atoms with Crippen molar-refractivity contribution in [3.8, 4) is 11.4 Å². The molecule has 0 fully saturated rings. The zero-order chi connectivity index (χ0) is 22.1. The minimum absolute atomic E-state index is 0.0367. The Morgan fingerprint density at radius 3 is 2.75 bits per heavy atom. The second kappa shape index (κ2) is 8.44. The van der Waals surface area contributed by atoms with Gasteiger partial charge < -0.3 is 0 Å². The topological polar surface area (TPSA) is 107 Å². The first-order valence-electron chi connectivity index (χ1n) is 9.69. The van der Waals surface area contributed by atoms with E-state index in [1.165, 1.54) is 28.2 Å². The minimum Gasteiger partial charge on any atom is -0.271 e. The average Bonchev–Trinajstić information content (AvgIpc) is 3.60. The summed E-state index contributed by atoms with van der Waals surface area (Å²) >= 11 is 3.20. The lowest BCUT2D eigenvalue weighted by molar-refractivity contribution is -0.384. The molecule has 32 heavy (non-hydrogen) atoms. The summed E-state index contributed by atoms with van der Waals surface area (Å²) in [6.07, 6.45) is 2.11. The zero-order valence-corrected chi connectivity index (χ0v) is 18.2. The van der Waals surface area contributed by atoms with E-state index >= 15 is 0 Å². The highest BCUT2D eigenvalue weighted by Crippen LogP contribution is 2.36. The number of hydrogen-bond donors (Lipinski definition) is 0. The van der Waals surface area contributed by atoms with Gasteiger partial charge in [-0.3, -0.25) is 14.9 Å². The summed E-state index contributed by atoms with van der Waals surface area (Å²) in [4.78, 5) is 30.1. The van der Waals surface area contributed by atoms with Crippen molar-refractivity contribution in [2.24, 2.45) is 5.10 Å². The Labute approximate surface area is 190 Å². The summed E-state index contributed by atoms with van der Waals surface area (Å²) in [5.41, 5.74) is 1.37. The van der Waals surface area contributed by atoms with Gasteiger partial charge in [0.1, 0.15) is 12.9 Å². The maximum absolute atomic E-state index is 13.2. The minimum atomic E-state index is -0.467. The Balaban J connectivity index is 1.38. The third kappa shape index (κ3) is 3.95. The average molecular weight is 465 g/mol. The summed E-state index contributed by atoms with van der Waals surface area (Å²) in [5, 5.41) is 25.5. The number of nitro benzene ring substituents is 1. The van der Waals surface area contributed by atoms with Crippen LogP contribution in [0.1, 0.15) is 22.2 Å². The van der Waals surface area contributed by atoms with E-state index in [9.17, 15) is 14.9 Å². The van der Waals surface area contributed by atoms with Crippen LogP contribution < -0.4 is 0 Å². The standard InChI is InChI=1S/C21H16N6O3S2/c28-20(12-25-13-22-21(24-25)14-4-1-5-15(10-14)27(29)30)26-17(19-7-3-9-32-19)11-16(23-26)18-6-2-8-31-18/h1-10,13,17H,11-12H2. The van der Waals surface area contributed by atoms with Gasteiger partial charge in [0, 0.05) is 29.0 Å². The largest absolute Gasteiger partial charge is 0.271 e. The number of non-ortho nitro benzene ring substituents is 1. The Kier molecular flexibility index (Phi) is 5.33. The maximum Gasteiger partial charge on any atom is 0.270 e. The van der Waals surface area contributed by atoms with Crippen molar-refractivity contribution >= 4 is 40.0 Å². The van der Waals surface area contributed by atoms with E-state index in [1.807, 2.05) is 35.0 Å². The van der Waals surface area contributed by atoms with Gasteiger partial charge >= 0.3 is 0 Å². The molecule has 0 saturated carbocycles. The molecule has 0 aliphatic carbocycles. The lowest BCUT2D eigenvalue weighted by Crippen LogP contribution is -2.30. The predicted octanol–water partition coefficient (Wildman–Crippen LogP) is 4.35. The molecule has 4 heterocycles. The van der Waals surface area contributed by atoms with Crippen molar-refractivity contribution in [3.63, 3.8) is 0 Å². The molecule has 0 bridgehead atoms. The molecular formula is C21H16N6O3S2. The first kappa shape index (κ1) is 20.2. The molecule has 1 aromatic carbocycles. The number of hydrazone groups is 1. The van der Waals surface area contributed by atoms with Crippen molar-refractivity contribution < 1.29 is 9.72 Å². The molecule has 0 N–H and O–H groups in total. The molecule has 0 spiro atoms. The van der Waals surface area contributed by atoms with Gasteiger partial charge in [0.15, 0.2) is 5.82 Å². The zero-order valence-electron chi connectivity index (χ0n) is 16.6. The molecule has 1 aliphatic heterocycles. The molecule has 9 nitrogen and oxygen atoms in total. The number of nitro groups is 1. The Morgan fingerprint density at radius 2 is 2.00 bits per heavy atom. The van der Waals surface area contributed by atoms with E-state index in [1.54, 1.807) is 34.8 Å². The lowest BCUT2D eigenvalue weighted by Gasteiger charge is -2.20. The smallest absolute Gasteiger partial charge is 0.270 e. The highest BCUT2D eigenvalue weighted by molar-refractivity contribution is 7.12. The Hall–Kier alpha value is -3.70. The fourth-order valence-electron chi connectivity index (χ4n) is 3.51. The molecule has 1 atom stereocenters. The van der Waals surface area contributed by atoms with Crippen molar-refractivity contribution in [2.75, 3.05) is 0 Å². The van der Waals surface area contributed by atoms with Crippen LogP contribution in [0.5, 0.6) is 0 Å². The van der Waals surface area contributed by atoms with E-state index in [0.717, 1.165) is 15.5 Å². The highest BCUT2D eigenvalue weighted by atomic mass is 32.1. The summed E-state index contributed by atoms with van der Waals surface area (Å²) in [6, 6.07) is 13.9. The predicted molar refractivity (Wildman–Crippen MR) is 121 cm³/mol. The van der Waals surface area contributed by atoms with Crippen LogP contribution in [0.3, 0.4) is 0 Å². The van der Waals surface area contributed by atoms with Crippen LogP contribution in [0.15, 0.2) is 70.7 Å². The monoisotopic (exact) mass is 464 g/mol. The number of thiophene rings is 2. The molecule has 11 heteroatoms. The van der Waals surface area contributed by atoms with Gasteiger partial charge in [-0.25, -0.2) is 14.7 Å². The van der Waals surface area contributed by atoms with E-state index in [-0.39, 0.29) is 24.2 Å². The van der Waals surface area contributed by atoms with Gasteiger partial charge in [-0.05, 0) is 22.9 Å². The molecule has 5 rings (SSSR count). The second-order valence-electron chi connectivity index (χ2n) is 7.07. The molecular weight excluding hydrogens is 448 g/mol. The summed E-state index contributed by atoms with van der Waals surface area (Å²) in [7, 11) is 0. The number of carbonyl (C=O) groups excluding carboxylic acids is 1. The van der Waals surface area contributed by atoms with Crippen LogP contribution >= 0.6 is 22.7 Å². The van der Waals surface area contributed by atoms with Crippen molar-refractivity contribution in [3.05, 3.63) is 85.5 Å². The van der Waals surface area contributed by atoms with E-state index in [4.69, 9.17) is 0 Å². The van der Waals surface area contributed by atoms with Crippen LogP contribution in [0.25, 0.3) is 11.4 Å². The van der Waals surface area contributed by atoms with E-state index in [0.29, 0.717) is 17.8 Å². The van der Waals surface area contributed by atoms with Crippen LogP contribution in [0, 0.1) is 10.1 Å². The number of hydrogen-bond acceptors (Lipinski definition) is 8. The van der Waals surface area contributed by atoms with E-state index in [2.05, 4.69) is 15.2 Å². The fraction of sp³-hybridized carbons (Fsp3) is 0.143. The van der Waals surface area contributed by atoms with Crippen molar-refractivity contribution in [1.29, 1.82) is 0 Å². The van der Waals surface area contributed by atoms with Gasteiger partial charge in [0.25, 0.3) is 11.6 Å². The molecule has 3 aromatic heterocycles. The third-order valence-electron chi connectivity index (χ3n) is 4.99. The van der Waals surface area contributed by atoms with Gasteiger partial charge in [-0.1, -0.05) is 24.3 Å². The number of aromatic nitrogens is 3. The van der Waals surface area contributed by atoms with Crippen LogP contribution in [-0.4, -0.2) is 36.3 Å². The highest BCUT2D eigenvalue weighted by Gasteiger charge is 2.34. The van der Waals surface area contributed by atoms with Gasteiger partial charge in [0.2, 0.25) is 0 Å². The SMILES string of the molecule is O=C(Cn1cnc(-c2cccc([N+](=O)[O-])c2)n1)N1N=C(c2cccs2)CC1c1cccs1. The van der Waals surface area contributed by atoms with Crippen molar-refractivity contribution in [2.45, 2.75) is 19.0 Å². The second-order valence-corrected chi connectivity index (χ2v) is 9.00. The first-order valence-corrected chi connectivity index (χ1v) is 11.5. The summed E-state index contributed by atoms with van der Waals surface area (Å²) in [6.45, 7) is -0.0367. The quantitative estimate of drug-likeness (QED) is 0.311. The molecule has 0 saturated heterocycles. The molecule has 160 valence electrons. The molecule has 1 aliphatic rings. The van der Waals surface area contributed by atoms with Gasteiger partial charge in [-0.2, -0.15) is 10.2 Å². The molecule has 1 amide bonds. The normalized spacial score (nSPS) is 15.7. The van der Waals surface area contributed by atoms with Gasteiger partial charge in [-0.15, -0.1) is 22.7 Å². The van der Waals surface area contributed by atoms with Crippen LogP contribution in [-0.2, 0) is 11.3 Å². The summed E-state index contributed by atoms with van der Waals surface area (Å²) in [5.74, 6) is 0.117. The Morgan fingerprint density at radius 1 is 1.16 bits per heavy atom. The number of benzene rings is 1. The van der Waals surface area contributed by atoms with Crippen LogP contribution in [0.4, 0.5) is 5.69 Å². The molecule has 1 unspecified atom stereocenters. The number of carbonyl (C=O) groups is 1. The van der Waals surface area contributed by atoms with Gasteiger partial charge in [0.05, 0.1) is 21.6 Å². The maximum atomic E-state index is 13.2. The Bertz CT molecular complexity index is 1300. The number of nitrogens with zero attached hydrogens (tertiary/aromatic N) is 6.